The molecule has 2 aromatic heterocycles. The minimum Gasteiger partial charge on any atom is -0.349 e. The number of nitrogens with two attached hydrogens (primary N) is 1. The smallest absolute Gasteiger partial charge is 0.234 e. The topological polar surface area (TPSA) is 104 Å². The second-order valence-electron chi connectivity index (χ2n) is 4.48. The molecular weight excluding hydrogens is 258 g/mol. The second-order valence-corrected chi connectivity index (χ2v) is 4.48. The quantitative estimate of drug-likeness (QED) is 0.735. The molecule has 0 aliphatic rings. The minimum absolute atomic E-state index is 0.0247. The van der Waals surface area contributed by atoms with Crippen molar-refractivity contribution < 1.29 is 4.79 Å². The van der Waals surface area contributed by atoms with Gasteiger partial charge in [-0.1, -0.05) is 5.21 Å². The largest absolute Gasteiger partial charge is 0.349 e. The van der Waals surface area contributed by atoms with Crippen LogP contribution in [0.3, 0.4) is 0 Å². The Labute approximate surface area is 116 Å². The number of hydrogen-bond donors (Lipinski definition) is 2. The molecule has 0 fully saturated rings. The van der Waals surface area contributed by atoms with Crippen molar-refractivity contribution in [3.63, 3.8) is 0 Å². The Hall–Kier alpha value is -2.22. The maximum atomic E-state index is 11.1. The number of carbonyl (C=O) groups is 1. The van der Waals surface area contributed by atoms with Crippen LogP contribution in [0.1, 0.15) is 24.0 Å². The zero-order chi connectivity index (χ0) is 14.5. The predicted molar refractivity (Wildman–Crippen MR) is 72.7 cm³/mol. The molecule has 108 valence electrons. The van der Waals surface area contributed by atoms with Gasteiger partial charge in [-0.15, -0.1) is 5.10 Å². The normalized spacial score (nSPS) is 10.8. The highest BCUT2D eigenvalue weighted by molar-refractivity contribution is 5.77. The van der Waals surface area contributed by atoms with Crippen LogP contribution in [0.4, 0.5) is 0 Å². The molecule has 0 unspecified atom stereocenters. The zero-order valence-electron chi connectivity index (χ0n) is 11.7. The van der Waals surface area contributed by atoms with Gasteiger partial charge in [0.1, 0.15) is 5.69 Å². The number of aromatic nitrogens is 5. The maximum Gasteiger partial charge on any atom is 0.234 e. The highest BCUT2D eigenvalue weighted by Gasteiger charge is 2.07. The first kappa shape index (κ1) is 14.2. The summed E-state index contributed by atoms with van der Waals surface area (Å²) in [4.78, 5) is 11.1. The third-order valence-corrected chi connectivity index (χ3v) is 2.85. The van der Waals surface area contributed by atoms with Crippen molar-refractivity contribution in [3.8, 4) is 0 Å². The summed E-state index contributed by atoms with van der Waals surface area (Å²) in [6.45, 7) is 5.74. The highest BCUT2D eigenvalue weighted by atomic mass is 16.1. The van der Waals surface area contributed by atoms with Crippen LogP contribution in [0.15, 0.2) is 12.3 Å². The molecule has 0 atom stereocenters. The van der Waals surface area contributed by atoms with E-state index in [0.717, 1.165) is 17.9 Å². The molecule has 1 amide bonds. The van der Waals surface area contributed by atoms with Gasteiger partial charge in [0.2, 0.25) is 5.91 Å². The Kier molecular flexibility index (Phi) is 4.46. The average molecular weight is 277 g/mol. The van der Waals surface area contributed by atoms with Crippen molar-refractivity contribution in [1.82, 2.24) is 30.1 Å². The highest BCUT2D eigenvalue weighted by Crippen LogP contribution is 2.06. The lowest BCUT2D eigenvalue weighted by Crippen LogP contribution is -2.29. The number of rotatable bonds is 6. The van der Waals surface area contributed by atoms with Gasteiger partial charge in [-0.3, -0.25) is 9.48 Å². The molecule has 0 saturated heterocycles. The molecular formula is C12H19N7O. The third kappa shape index (κ3) is 3.41. The summed E-state index contributed by atoms with van der Waals surface area (Å²) in [6.07, 6.45) is 1.80. The summed E-state index contributed by atoms with van der Waals surface area (Å²) < 4.78 is 3.67. The first-order chi connectivity index (χ1) is 9.62. The van der Waals surface area contributed by atoms with Crippen molar-refractivity contribution in [2.75, 3.05) is 6.54 Å². The maximum absolute atomic E-state index is 11.1. The number of aryl methyl sites for hydroxylation is 2. The van der Waals surface area contributed by atoms with Crippen LogP contribution in [0.5, 0.6) is 0 Å². The van der Waals surface area contributed by atoms with Crippen LogP contribution in [0, 0.1) is 6.92 Å². The van der Waals surface area contributed by atoms with Crippen molar-refractivity contribution in [2.24, 2.45) is 5.73 Å². The molecule has 0 aliphatic heterocycles. The van der Waals surface area contributed by atoms with E-state index >= 15 is 0 Å². The van der Waals surface area contributed by atoms with E-state index in [0.29, 0.717) is 18.8 Å². The van der Waals surface area contributed by atoms with Gasteiger partial charge in [-0.05, 0) is 19.9 Å². The fourth-order valence-electron chi connectivity index (χ4n) is 1.92. The van der Waals surface area contributed by atoms with Gasteiger partial charge in [0.05, 0.1) is 37.2 Å². The van der Waals surface area contributed by atoms with Gasteiger partial charge in [0.15, 0.2) is 0 Å². The Morgan fingerprint density at radius 3 is 3.00 bits per heavy atom. The van der Waals surface area contributed by atoms with E-state index < -0.39 is 0 Å². The number of nitrogens with one attached hydrogen (secondary N) is 1. The van der Waals surface area contributed by atoms with Gasteiger partial charge in [-0.25, -0.2) is 4.68 Å². The van der Waals surface area contributed by atoms with Crippen LogP contribution in [-0.4, -0.2) is 37.2 Å². The Bertz CT molecular complexity index is 586. The summed E-state index contributed by atoms with van der Waals surface area (Å²) in [5, 5.41) is 15.1. The van der Waals surface area contributed by atoms with E-state index in [-0.39, 0.29) is 12.5 Å². The lowest BCUT2D eigenvalue weighted by atomic mass is 10.3. The fraction of sp³-hybridized carbons (Fsp3) is 0.500. The van der Waals surface area contributed by atoms with Gasteiger partial charge < -0.3 is 11.1 Å². The molecule has 2 rings (SSSR count). The Morgan fingerprint density at radius 2 is 2.30 bits per heavy atom. The summed E-state index contributed by atoms with van der Waals surface area (Å²) in [7, 11) is 0. The van der Waals surface area contributed by atoms with Crippen molar-refractivity contribution >= 4 is 5.91 Å². The summed E-state index contributed by atoms with van der Waals surface area (Å²) in [5.41, 5.74) is 7.97. The number of nitrogens with zero attached hydrogens (tertiary/aromatic N) is 5. The van der Waals surface area contributed by atoms with Gasteiger partial charge in [-0.2, -0.15) is 5.10 Å². The SMILES string of the molecule is CCn1nc(C)cc1Cn1cc(CNC(=O)CN)nn1. The lowest BCUT2D eigenvalue weighted by Gasteiger charge is -2.03. The van der Waals surface area contributed by atoms with Crippen LogP contribution >= 0.6 is 0 Å². The summed E-state index contributed by atoms with van der Waals surface area (Å²) in [5.74, 6) is -0.209. The average Bonchev–Trinajstić information content (AvgIpc) is 3.03. The second kappa shape index (κ2) is 6.29. The third-order valence-electron chi connectivity index (χ3n) is 2.85. The van der Waals surface area contributed by atoms with E-state index in [1.54, 1.807) is 10.9 Å². The van der Waals surface area contributed by atoms with Crippen molar-refractivity contribution in [2.45, 2.75) is 33.5 Å². The number of hydrogen-bond acceptors (Lipinski definition) is 5. The van der Waals surface area contributed by atoms with E-state index in [1.807, 2.05) is 24.6 Å². The predicted octanol–water partition coefficient (Wildman–Crippen LogP) is -0.574. The van der Waals surface area contributed by atoms with E-state index in [9.17, 15) is 4.79 Å². The number of carbonyl (C=O) groups excluding carboxylic acids is 1. The molecule has 0 radical (unpaired) electrons. The summed E-state index contributed by atoms with van der Waals surface area (Å²) in [6, 6.07) is 2.03. The van der Waals surface area contributed by atoms with Crippen LogP contribution in [0.2, 0.25) is 0 Å². The Balaban J connectivity index is 2.00. The molecule has 0 saturated carbocycles. The molecule has 0 aliphatic carbocycles. The fourth-order valence-corrected chi connectivity index (χ4v) is 1.92. The lowest BCUT2D eigenvalue weighted by molar-refractivity contribution is -0.119. The molecule has 2 aromatic rings. The first-order valence-electron chi connectivity index (χ1n) is 6.51. The van der Waals surface area contributed by atoms with Gasteiger partial charge >= 0.3 is 0 Å². The molecule has 20 heavy (non-hydrogen) atoms. The van der Waals surface area contributed by atoms with Crippen LogP contribution in [0.25, 0.3) is 0 Å². The molecule has 8 heteroatoms. The minimum atomic E-state index is -0.209. The molecule has 0 bridgehead atoms. The molecule has 3 N–H and O–H groups in total. The monoisotopic (exact) mass is 277 g/mol. The van der Waals surface area contributed by atoms with E-state index in [4.69, 9.17) is 5.73 Å². The van der Waals surface area contributed by atoms with Gasteiger partial charge in [0, 0.05) is 6.54 Å². The standard InChI is InChI=1S/C12H19N7O/c1-3-19-11(4-9(2)16-19)8-18-7-10(15-17-18)6-14-12(20)5-13/h4,7H,3,5-6,8,13H2,1-2H3,(H,14,20). The summed E-state index contributed by atoms with van der Waals surface area (Å²) >= 11 is 0. The number of amides is 1. The zero-order valence-corrected chi connectivity index (χ0v) is 11.7. The Morgan fingerprint density at radius 1 is 1.50 bits per heavy atom. The first-order valence-corrected chi connectivity index (χ1v) is 6.51. The van der Waals surface area contributed by atoms with Crippen LogP contribution < -0.4 is 11.1 Å². The van der Waals surface area contributed by atoms with Crippen molar-refractivity contribution in [1.29, 1.82) is 0 Å². The van der Waals surface area contributed by atoms with E-state index in [2.05, 4.69) is 20.7 Å². The molecule has 0 aromatic carbocycles. The van der Waals surface area contributed by atoms with Gasteiger partial charge in [0.25, 0.3) is 0 Å². The molecule has 2 heterocycles. The van der Waals surface area contributed by atoms with Crippen LogP contribution in [-0.2, 0) is 24.4 Å². The van der Waals surface area contributed by atoms with E-state index in [1.165, 1.54) is 0 Å². The van der Waals surface area contributed by atoms with Crippen molar-refractivity contribution in [3.05, 3.63) is 29.3 Å². The molecule has 0 spiro atoms. The molecule has 8 nitrogen and oxygen atoms in total.